The summed E-state index contributed by atoms with van der Waals surface area (Å²) in [5, 5.41) is 7.03. The molecule has 3 rings (SSSR count). The fourth-order valence-corrected chi connectivity index (χ4v) is 2.92. The van der Waals surface area contributed by atoms with E-state index in [1.165, 1.54) is 5.56 Å². The molecule has 1 aliphatic heterocycles. The molecule has 1 atom stereocenters. The van der Waals surface area contributed by atoms with Gasteiger partial charge in [-0.15, -0.1) is 0 Å². The van der Waals surface area contributed by atoms with Crippen LogP contribution in [0.15, 0.2) is 35.0 Å². The van der Waals surface area contributed by atoms with Gasteiger partial charge in [-0.05, 0) is 34.5 Å². The van der Waals surface area contributed by atoms with Gasteiger partial charge in [-0.3, -0.25) is 4.79 Å². The van der Waals surface area contributed by atoms with E-state index in [1.807, 2.05) is 25.2 Å². The van der Waals surface area contributed by atoms with Crippen LogP contribution in [-0.2, 0) is 11.3 Å². The van der Waals surface area contributed by atoms with Crippen LogP contribution in [0.2, 0.25) is 0 Å². The molecule has 0 saturated heterocycles. The third kappa shape index (κ3) is 2.22. The molecule has 1 aliphatic rings. The number of fused-ring (bicyclic) bond motifs is 1. The van der Waals surface area contributed by atoms with Crippen LogP contribution in [0.4, 0.5) is 11.4 Å². The number of nitrogens with two attached hydrogens (primary N) is 1. The Morgan fingerprint density at radius 1 is 1.42 bits per heavy atom. The van der Waals surface area contributed by atoms with Gasteiger partial charge >= 0.3 is 0 Å². The van der Waals surface area contributed by atoms with Crippen LogP contribution in [0, 0.1) is 0 Å². The first-order chi connectivity index (χ1) is 9.15. The number of carbonyl (C=O) groups excluding carboxylic acids is 1. The zero-order chi connectivity index (χ0) is 13.4. The Bertz CT molecular complexity index is 609. The minimum absolute atomic E-state index is 0.132. The van der Waals surface area contributed by atoms with Crippen LogP contribution >= 0.6 is 11.3 Å². The standard InChI is InChI=1S/C14H15N3OS/c1-17(7-9-4-5-19-8-9)10-2-3-11-12(6-10)16-14(18)13(11)15/h2-6,8,13H,7,15H2,1H3,(H,16,18). The van der Waals surface area contributed by atoms with Crippen molar-refractivity contribution in [2.75, 3.05) is 17.3 Å². The molecule has 3 N–H and O–H groups in total. The number of carbonyl (C=O) groups is 1. The van der Waals surface area contributed by atoms with Crippen molar-refractivity contribution in [1.29, 1.82) is 0 Å². The number of anilines is 2. The second-order valence-electron chi connectivity index (χ2n) is 4.73. The summed E-state index contributed by atoms with van der Waals surface area (Å²) >= 11 is 1.70. The van der Waals surface area contributed by atoms with Crippen LogP contribution in [-0.4, -0.2) is 13.0 Å². The second kappa shape index (κ2) is 4.68. The SMILES string of the molecule is CN(Cc1ccsc1)c1ccc2c(c1)NC(=O)C2N. The summed E-state index contributed by atoms with van der Waals surface area (Å²) in [5.41, 5.74) is 9.86. The van der Waals surface area contributed by atoms with E-state index in [0.717, 1.165) is 23.5 Å². The Labute approximate surface area is 115 Å². The Balaban J connectivity index is 1.83. The lowest BCUT2D eigenvalue weighted by Crippen LogP contribution is -2.19. The normalized spacial score (nSPS) is 17.2. The highest BCUT2D eigenvalue weighted by molar-refractivity contribution is 7.07. The molecule has 5 heteroatoms. The number of benzene rings is 1. The van der Waals surface area contributed by atoms with Gasteiger partial charge in [0.05, 0.1) is 0 Å². The average molecular weight is 273 g/mol. The van der Waals surface area contributed by atoms with Crippen molar-refractivity contribution in [3.63, 3.8) is 0 Å². The zero-order valence-corrected chi connectivity index (χ0v) is 11.4. The quantitative estimate of drug-likeness (QED) is 0.902. The summed E-state index contributed by atoms with van der Waals surface area (Å²) in [6.07, 6.45) is 0. The Morgan fingerprint density at radius 2 is 2.26 bits per heavy atom. The largest absolute Gasteiger partial charge is 0.370 e. The van der Waals surface area contributed by atoms with Gasteiger partial charge in [0.2, 0.25) is 5.91 Å². The predicted molar refractivity (Wildman–Crippen MR) is 78.4 cm³/mol. The fourth-order valence-electron chi connectivity index (χ4n) is 2.26. The molecular weight excluding hydrogens is 258 g/mol. The van der Waals surface area contributed by atoms with E-state index < -0.39 is 6.04 Å². The highest BCUT2D eigenvalue weighted by Gasteiger charge is 2.27. The number of hydrogen-bond donors (Lipinski definition) is 2. The van der Waals surface area contributed by atoms with Gasteiger partial charge in [0, 0.05) is 30.5 Å². The molecule has 4 nitrogen and oxygen atoms in total. The van der Waals surface area contributed by atoms with Crippen molar-refractivity contribution in [3.8, 4) is 0 Å². The molecule has 0 fully saturated rings. The number of nitrogens with zero attached hydrogens (tertiary/aromatic N) is 1. The lowest BCUT2D eigenvalue weighted by Gasteiger charge is -2.19. The van der Waals surface area contributed by atoms with Crippen molar-refractivity contribution in [3.05, 3.63) is 46.2 Å². The van der Waals surface area contributed by atoms with E-state index in [0.29, 0.717) is 0 Å². The highest BCUT2D eigenvalue weighted by Crippen LogP contribution is 2.32. The second-order valence-corrected chi connectivity index (χ2v) is 5.51. The van der Waals surface area contributed by atoms with Crippen LogP contribution in [0.25, 0.3) is 0 Å². The molecule has 2 heterocycles. The third-order valence-corrected chi connectivity index (χ3v) is 4.08. The molecule has 98 valence electrons. The first-order valence-electron chi connectivity index (χ1n) is 6.08. The molecule has 1 aromatic carbocycles. The molecule has 1 aromatic heterocycles. The lowest BCUT2D eigenvalue weighted by atomic mass is 10.1. The van der Waals surface area contributed by atoms with Crippen molar-refractivity contribution in [2.45, 2.75) is 12.6 Å². The number of nitrogens with one attached hydrogen (secondary N) is 1. The maximum atomic E-state index is 11.5. The van der Waals surface area contributed by atoms with E-state index in [1.54, 1.807) is 11.3 Å². The van der Waals surface area contributed by atoms with Gasteiger partial charge in [0.25, 0.3) is 0 Å². The van der Waals surface area contributed by atoms with E-state index in [4.69, 9.17) is 5.73 Å². The van der Waals surface area contributed by atoms with Crippen LogP contribution in [0.1, 0.15) is 17.2 Å². The lowest BCUT2D eigenvalue weighted by molar-refractivity contribution is -0.116. The molecule has 0 saturated carbocycles. The fraction of sp³-hybridized carbons (Fsp3) is 0.214. The Morgan fingerprint density at radius 3 is 3.00 bits per heavy atom. The summed E-state index contributed by atoms with van der Waals surface area (Å²) in [6, 6.07) is 7.49. The molecule has 2 aromatic rings. The molecule has 1 amide bonds. The van der Waals surface area contributed by atoms with Gasteiger partial charge in [0.15, 0.2) is 0 Å². The van der Waals surface area contributed by atoms with E-state index in [2.05, 4.69) is 27.0 Å². The molecular formula is C14H15N3OS. The molecule has 0 radical (unpaired) electrons. The first kappa shape index (κ1) is 12.2. The van der Waals surface area contributed by atoms with Crippen LogP contribution in [0.5, 0.6) is 0 Å². The minimum Gasteiger partial charge on any atom is -0.370 e. The molecule has 0 aliphatic carbocycles. The van der Waals surface area contributed by atoms with E-state index in [9.17, 15) is 4.79 Å². The maximum absolute atomic E-state index is 11.5. The highest BCUT2D eigenvalue weighted by atomic mass is 32.1. The maximum Gasteiger partial charge on any atom is 0.245 e. The Hall–Kier alpha value is -1.85. The monoisotopic (exact) mass is 273 g/mol. The summed E-state index contributed by atoms with van der Waals surface area (Å²) in [7, 11) is 2.04. The Kier molecular flexibility index (Phi) is 3.00. The van der Waals surface area contributed by atoms with Crippen LogP contribution < -0.4 is 16.0 Å². The number of amides is 1. The van der Waals surface area contributed by atoms with E-state index in [-0.39, 0.29) is 5.91 Å². The topological polar surface area (TPSA) is 58.4 Å². The van der Waals surface area contributed by atoms with Gasteiger partial charge in [0.1, 0.15) is 6.04 Å². The minimum atomic E-state index is -0.536. The molecule has 0 spiro atoms. The number of rotatable bonds is 3. The average Bonchev–Trinajstić information content (AvgIpc) is 2.99. The molecule has 1 unspecified atom stereocenters. The third-order valence-electron chi connectivity index (χ3n) is 3.35. The number of thiophene rings is 1. The van der Waals surface area contributed by atoms with Crippen molar-refractivity contribution in [2.24, 2.45) is 5.73 Å². The first-order valence-corrected chi connectivity index (χ1v) is 7.02. The zero-order valence-electron chi connectivity index (χ0n) is 10.6. The summed E-state index contributed by atoms with van der Waals surface area (Å²) in [4.78, 5) is 13.7. The van der Waals surface area contributed by atoms with Crippen molar-refractivity contribution in [1.82, 2.24) is 0 Å². The summed E-state index contributed by atoms with van der Waals surface area (Å²) < 4.78 is 0. The molecule has 19 heavy (non-hydrogen) atoms. The smallest absolute Gasteiger partial charge is 0.245 e. The summed E-state index contributed by atoms with van der Waals surface area (Å²) in [5.74, 6) is -0.132. The van der Waals surface area contributed by atoms with Crippen molar-refractivity contribution >= 4 is 28.6 Å². The predicted octanol–water partition coefficient (Wildman–Crippen LogP) is 2.34. The van der Waals surface area contributed by atoms with E-state index >= 15 is 0 Å². The van der Waals surface area contributed by atoms with Gasteiger partial charge in [-0.1, -0.05) is 6.07 Å². The van der Waals surface area contributed by atoms with Crippen molar-refractivity contribution < 1.29 is 4.79 Å². The number of hydrogen-bond acceptors (Lipinski definition) is 4. The van der Waals surface area contributed by atoms with Gasteiger partial charge in [-0.25, -0.2) is 0 Å². The van der Waals surface area contributed by atoms with Crippen LogP contribution in [0.3, 0.4) is 0 Å². The molecule has 0 bridgehead atoms. The van der Waals surface area contributed by atoms with Gasteiger partial charge < -0.3 is 16.0 Å². The van der Waals surface area contributed by atoms with Gasteiger partial charge in [-0.2, -0.15) is 11.3 Å². The summed E-state index contributed by atoms with van der Waals surface area (Å²) in [6.45, 7) is 0.849.